The molecule has 0 aromatic heterocycles. The summed E-state index contributed by atoms with van der Waals surface area (Å²) in [6.45, 7) is 5.44. The molecule has 18 heavy (non-hydrogen) atoms. The average Bonchev–Trinajstić information content (AvgIpc) is 2.35. The summed E-state index contributed by atoms with van der Waals surface area (Å²) in [6.07, 6.45) is -0.400. The van der Waals surface area contributed by atoms with Crippen LogP contribution < -0.4 is 5.32 Å². The van der Waals surface area contributed by atoms with Crippen LogP contribution in [0.25, 0.3) is 0 Å². The first-order valence-corrected chi connectivity index (χ1v) is 5.97. The van der Waals surface area contributed by atoms with Gasteiger partial charge in [0, 0.05) is 19.1 Å². The lowest BCUT2D eigenvalue weighted by Gasteiger charge is -2.23. The smallest absolute Gasteiger partial charge is 0.407 e. The number of alkyl carbamates (subject to hydrolysis) is 1. The zero-order chi connectivity index (χ0) is 13.4. The molecule has 1 N–H and O–H groups in total. The second kappa shape index (κ2) is 7.01. The topological polar surface area (TPSA) is 47.6 Å². The molecule has 0 aliphatic heterocycles. The number of ether oxygens (including phenoxy) is 2. The summed E-state index contributed by atoms with van der Waals surface area (Å²) < 4.78 is 10.2. The Labute approximate surface area is 108 Å². The normalized spacial score (nSPS) is 11.1. The van der Waals surface area contributed by atoms with Crippen LogP contribution in [0.15, 0.2) is 30.3 Å². The molecule has 0 saturated heterocycles. The van der Waals surface area contributed by atoms with E-state index in [0.29, 0.717) is 13.2 Å². The zero-order valence-corrected chi connectivity index (χ0v) is 11.2. The van der Waals surface area contributed by atoms with Crippen LogP contribution in [0.3, 0.4) is 0 Å². The number of amides is 1. The average molecular weight is 251 g/mol. The van der Waals surface area contributed by atoms with Crippen molar-refractivity contribution >= 4 is 6.09 Å². The first-order chi connectivity index (χ1) is 8.53. The highest BCUT2D eigenvalue weighted by Crippen LogP contribution is 2.13. The molecule has 100 valence electrons. The third kappa shape index (κ3) is 5.68. The van der Waals surface area contributed by atoms with Crippen molar-refractivity contribution in [1.82, 2.24) is 5.32 Å². The summed E-state index contributed by atoms with van der Waals surface area (Å²) in [5.74, 6) is 0. The second-order valence-corrected chi connectivity index (χ2v) is 5.01. The largest absolute Gasteiger partial charge is 0.445 e. The summed E-state index contributed by atoms with van der Waals surface area (Å²) in [7, 11) is 1.65. The minimum atomic E-state index is -0.400. The van der Waals surface area contributed by atoms with Gasteiger partial charge in [-0.15, -0.1) is 0 Å². The van der Waals surface area contributed by atoms with Gasteiger partial charge in [-0.1, -0.05) is 44.2 Å². The molecule has 1 rings (SSSR count). The predicted molar refractivity (Wildman–Crippen MR) is 70.3 cm³/mol. The Balaban J connectivity index is 2.26. The standard InChI is InChI=1S/C14H21NO3/c1-14(2,11-17-3)10-15-13(16)18-9-12-7-5-4-6-8-12/h4-8H,9-11H2,1-3H3,(H,15,16). The molecule has 0 radical (unpaired) electrons. The summed E-state index contributed by atoms with van der Waals surface area (Å²) in [4.78, 5) is 11.5. The number of carbonyl (C=O) groups excluding carboxylic acids is 1. The Morgan fingerprint density at radius 3 is 2.56 bits per heavy atom. The van der Waals surface area contributed by atoms with E-state index in [2.05, 4.69) is 5.32 Å². The highest BCUT2D eigenvalue weighted by Gasteiger charge is 2.18. The summed E-state index contributed by atoms with van der Waals surface area (Å²) in [6, 6.07) is 9.59. The lowest BCUT2D eigenvalue weighted by atomic mass is 9.95. The third-order valence-corrected chi connectivity index (χ3v) is 2.46. The van der Waals surface area contributed by atoms with E-state index < -0.39 is 6.09 Å². The van der Waals surface area contributed by atoms with E-state index in [1.807, 2.05) is 44.2 Å². The number of carbonyl (C=O) groups is 1. The van der Waals surface area contributed by atoms with Crippen LogP contribution in [0.1, 0.15) is 19.4 Å². The van der Waals surface area contributed by atoms with Crippen molar-refractivity contribution < 1.29 is 14.3 Å². The van der Waals surface area contributed by atoms with Gasteiger partial charge in [0.15, 0.2) is 0 Å². The molecule has 0 spiro atoms. The fraction of sp³-hybridized carbons (Fsp3) is 0.500. The minimum absolute atomic E-state index is 0.0967. The molecule has 0 atom stereocenters. The molecule has 0 bridgehead atoms. The molecular formula is C14H21NO3. The summed E-state index contributed by atoms with van der Waals surface area (Å²) in [5, 5.41) is 2.74. The van der Waals surface area contributed by atoms with Gasteiger partial charge in [0.25, 0.3) is 0 Å². The molecule has 4 nitrogen and oxygen atoms in total. The van der Waals surface area contributed by atoms with Gasteiger partial charge in [0.1, 0.15) is 6.61 Å². The van der Waals surface area contributed by atoms with Gasteiger partial charge in [-0.2, -0.15) is 0 Å². The first-order valence-electron chi connectivity index (χ1n) is 5.97. The van der Waals surface area contributed by atoms with Gasteiger partial charge < -0.3 is 14.8 Å². The predicted octanol–water partition coefficient (Wildman–Crippen LogP) is 2.59. The highest BCUT2D eigenvalue weighted by molar-refractivity contribution is 5.67. The summed E-state index contributed by atoms with van der Waals surface area (Å²) in [5.41, 5.74) is 0.879. The van der Waals surface area contributed by atoms with Crippen molar-refractivity contribution in [3.8, 4) is 0 Å². The lowest BCUT2D eigenvalue weighted by Crippen LogP contribution is -2.36. The number of rotatable bonds is 6. The maximum absolute atomic E-state index is 11.5. The van der Waals surface area contributed by atoms with Crippen LogP contribution >= 0.6 is 0 Å². The first kappa shape index (κ1) is 14.5. The second-order valence-electron chi connectivity index (χ2n) is 5.01. The lowest BCUT2D eigenvalue weighted by molar-refractivity contribution is 0.0958. The van der Waals surface area contributed by atoms with Gasteiger partial charge in [-0.25, -0.2) is 4.79 Å². The number of hydrogen-bond donors (Lipinski definition) is 1. The van der Waals surface area contributed by atoms with Crippen molar-refractivity contribution in [3.63, 3.8) is 0 Å². The molecular weight excluding hydrogens is 230 g/mol. The zero-order valence-electron chi connectivity index (χ0n) is 11.2. The van der Waals surface area contributed by atoms with Crippen LogP contribution in [-0.4, -0.2) is 26.4 Å². The molecule has 0 aliphatic rings. The number of benzene rings is 1. The van der Waals surface area contributed by atoms with Gasteiger partial charge in [-0.05, 0) is 5.56 Å². The highest BCUT2D eigenvalue weighted by atomic mass is 16.5. The number of hydrogen-bond acceptors (Lipinski definition) is 3. The Bertz CT molecular complexity index is 363. The van der Waals surface area contributed by atoms with Crippen LogP contribution in [0.5, 0.6) is 0 Å². The maximum Gasteiger partial charge on any atom is 0.407 e. The van der Waals surface area contributed by atoms with Crippen molar-refractivity contribution in [2.24, 2.45) is 5.41 Å². The quantitative estimate of drug-likeness (QED) is 0.845. The van der Waals surface area contributed by atoms with E-state index in [1.54, 1.807) is 7.11 Å². The van der Waals surface area contributed by atoms with Gasteiger partial charge in [0.05, 0.1) is 6.61 Å². The van der Waals surface area contributed by atoms with E-state index in [4.69, 9.17) is 9.47 Å². The van der Waals surface area contributed by atoms with E-state index in [9.17, 15) is 4.79 Å². The van der Waals surface area contributed by atoms with Gasteiger partial charge in [-0.3, -0.25) is 0 Å². The molecule has 1 aromatic carbocycles. The molecule has 4 heteroatoms. The van der Waals surface area contributed by atoms with Crippen LogP contribution in [0.2, 0.25) is 0 Å². The Kier molecular flexibility index (Phi) is 5.65. The van der Waals surface area contributed by atoms with E-state index in [0.717, 1.165) is 5.56 Å². The Hall–Kier alpha value is -1.55. The molecule has 0 unspecified atom stereocenters. The van der Waals surface area contributed by atoms with Gasteiger partial charge in [0.2, 0.25) is 0 Å². The monoisotopic (exact) mass is 251 g/mol. The molecule has 1 aromatic rings. The molecule has 0 fully saturated rings. The Morgan fingerprint density at radius 2 is 1.94 bits per heavy atom. The van der Waals surface area contributed by atoms with Crippen molar-refractivity contribution in [1.29, 1.82) is 0 Å². The SMILES string of the molecule is COCC(C)(C)CNC(=O)OCc1ccccc1. The summed E-state index contributed by atoms with van der Waals surface area (Å²) >= 11 is 0. The fourth-order valence-electron chi connectivity index (χ4n) is 1.53. The molecule has 1 amide bonds. The fourth-order valence-corrected chi connectivity index (χ4v) is 1.53. The molecule has 0 saturated carbocycles. The van der Waals surface area contributed by atoms with Crippen LogP contribution in [0.4, 0.5) is 4.79 Å². The van der Waals surface area contributed by atoms with Gasteiger partial charge >= 0.3 is 6.09 Å². The van der Waals surface area contributed by atoms with Crippen LogP contribution in [-0.2, 0) is 16.1 Å². The van der Waals surface area contributed by atoms with E-state index >= 15 is 0 Å². The van der Waals surface area contributed by atoms with E-state index in [-0.39, 0.29) is 12.0 Å². The van der Waals surface area contributed by atoms with Crippen LogP contribution in [0, 0.1) is 5.41 Å². The number of methoxy groups -OCH3 is 1. The van der Waals surface area contributed by atoms with Crippen molar-refractivity contribution in [2.75, 3.05) is 20.3 Å². The van der Waals surface area contributed by atoms with Crippen molar-refractivity contribution in [2.45, 2.75) is 20.5 Å². The Morgan fingerprint density at radius 1 is 1.28 bits per heavy atom. The van der Waals surface area contributed by atoms with Crippen molar-refractivity contribution in [3.05, 3.63) is 35.9 Å². The third-order valence-electron chi connectivity index (χ3n) is 2.46. The van der Waals surface area contributed by atoms with E-state index in [1.165, 1.54) is 0 Å². The minimum Gasteiger partial charge on any atom is -0.445 e. The maximum atomic E-state index is 11.5. The number of nitrogens with one attached hydrogen (secondary N) is 1. The molecule has 0 aliphatic carbocycles. The molecule has 0 heterocycles.